The van der Waals surface area contributed by atoms with Gasteiger partial charge in [0.05, 0.1) is 6.20 Å². The minimum atomic E-state index is -1.81. The Morgan fingerprint density at radius 1 is 1.43 bits per heavy atom. The summed E-state index contributed by atoms with van der Waals surface area (Å²) in [6.07, 6.45) is 1.69. The Morgan fingerprint density at radius 2 is 2.21 bits per heavy atom. The SMILES string of the molecule is Cn1ncc2cccc(OB(O)O)c21. The molecule has 6 heteroatoms. The molecule has 1 aromatic carbocycles. The fourth-order valence-electron chi connectivity index (χ4n) is 1.40. The van der Waals surface area contributed by atoms with Gasteiger partial charge in [-0.25, -0.2) is 0 Å². The van der Waals surface area contributed by atoms with Crippen LogP contribution in [0, 0.1) is 0 Å². The van der Waals surface area contributed by atoms with Crippen LogP contribution in [-0.2, 0) is 7.05 Å². The second-order valence-electron chi connectivity index (χ2n) is 2.91. The van der Waals surface area contributed by atoms with Gasteiger partial charge in [-0.15, -0.1) is 0 Å². The number of benzene rings is 1. The standard InChI is InChI=1S/C8H9BN2O3/c1-11-8-6(5-10-11)3-2-4-7(8)14-9(12)13/h2-5,12-13H,1H3. The third-order valence-corrected chi connectivity index (χ3v) is 1.96. The lowest BCUT2D eigenvalue weighted by Gasteiger charge is -2.06. The second kappa shape index (κ2) is 3.32. The topological polar surface area (TPSA) is 67.5 Å². The lowest BCUT2D eigenvalue weighted by atomic mass is 10.2. The molecule has 0 amide bonds. The van der Waals surface area contributed by atoms with Crippen molar-refractivity contribution in [3.63, 3.8) is 0 Å². The molecule has 1 aromatic heterocycles. The van der Waals surface area contributed by atoms with Crippen LogP contribution < -0.4 is 4.65 Å². The highest BCUT2D eigenvalue weighted by molar-refractivity contribution is 6.34. The Hall–Kier alpha value is -1.53. The van der Waals surface area contributed by atoms with Gasteiger partial charge in [0.25, 0.3) is 0 Å². The third kappa shape index (κ3) is 1.45. The molecule has 14 heavy (non-hydrogen) atoms. The highest BCUT2D eigenvalue weighted by Gasteiger charge is 2.14. The van der Waals surface area contributed by atoms with Crippen molar-refractivity contribution in [3.05, 3.63) is 24.4 Å². The highest BCUT2D eigenvalue weighted by Crippen LogP contribution is 2.24. The summed E-state index contributed by atoms with van der Waals surface area (Å²) >= 11 is 0. The number of rotatable bonds is 2. The quantitative estimate of drug-likeness (QED) is 0.653. The molecule has 2 N–H and O–H groups in total. The predicted octanol–water partition coefficient (Wildman–Crippen LogP) is -0.0784. The van der Waals surface area contributed by atoms with Crippen molar-refractivity contribution in [2.24, 2.45) is 7.05 Å². The van der Waals surface area contributed by atoms with E-state index in [9.17, 15) is 0 Å². The van der Waals surface area contributed by atoms with Gasteiger partial charge in [-0.2, -0.15) is 5.10 Å². The van der Waals surface area contributed by atoms with Crippen LogP contribution in [0.2, 0.25) is 0 Å². The minimum absolute atomic E-state index is 0.400. The molecule has 2 rings (SSSR count). The molecule has 0 bridgehead atoms. The maximum absolute atomic E-state index is 8.70. The van der Waals surface area contributed by atoms with Crippen LogP contribution in [-0.4, -0.2) is 27.1 Å². The third-order valence-electron chi connectivity index (χ3n) is 1.96. The molecule has 0 unspecified atom stereocenters. The first-order valence-corrected chi connectivity index (χ1v) is 4.12. The molecular weight excluding hydrogens is 183 g/mol. The fourth-order valence-corrected chi connectivity index (χ4v) is 1.40. The zero-order chi connectivity index (χ0) is 10.1. The van der Waals surface area contributed by atoms with Gasteiger partial charge in [0.15, 0.2) is 0 Å². The molecule has 0 fully saturated rings. The van der Waals surface area contributed by atoms with Crippen molar-refractivity contribution in [1.82, 2.24) is 9.78 Å². The van der Waals surface area contributed by atoms with Gasteiger partial charge in [0.2, 0.25) is 0 Å². The molecule has 72 valence electrons. The van der Waals surface area contributed by atoms with E-state index in [-0.39, 0.29) is 0 Å². The van der Waals surface area contributed by atoms with Gasteiger partial charge in [-0.1, -0.05) is 12.1 Å². The first-order chi connectivity index (χ1) is 6.68. The molecule has 0 aliphatic carbocycles. The van der Waals surface area contributed by atoms with E-state index < -0.39 is 7.32 Å². The lowest BCUT2D eigenvalue weighted by Crippen LogP contribution is -2.20. The van der Waals surface area contributed by atoms with Crippen LogP contribution in [0.15, 0.2) is 24.4 Å². The van der Waals surface area contributed by atoms with Gasteiger partial charge in [0.1, 0.15) is 11.3 Å². The van der Waals surface area contributed by atoms with Crippen LogP contribution in [0.5, 0.6) is 5.75 Å². The summed E-state index contributed by atoms with van der Waals surface area (Å²) in [7, 11) is -0.0469. The molecule has 0 saturated carbocycles. The van der Waals surface area contributed by atoms with Crippen molar-refractivity contribution in [2.75, 3.05) is 0 Å². The molecular formula is C8H9BN2O3. The van der Waals surface area contributed by atoms with E-state index >= 15 is 0 Å². The molecule has 0 radical (unpaired) electrons. The van der Waals surface area contributed by atoms with E-state index in [0.29, 0.717) is 5.75 Å². The Balaban J connectivity index is 2.57. The molecule has 5 nitrogen and oxygen atoms in total. The number of fused-ring (bicyclic) bond motifs is 1. The van der Waals surface area contributed by atoms with Gasteiger partial charge < -0.3 is 14.7 Å². The summed E-state index contributed by atoms with van der Waals surface area (Å²) in [4.78, 5) is 0. The largest absolute Gasteiger partial charge is 0.707 e. The van der Waals surface area contributed by atoms with Crippen LogP contribution >= 0.6 is 0 Å². The van der Waals surface area contributed by atoms with Gasteiger partial charge in [-0.3, -0.25) is 4.68 Å². The van der Waals surface area contributed by atoms with Crippen molar-refractivity contribution in [3.8, 4) is 5.75 Å². The maximum atomic E-state index is 8.70. The van der Waals surface area contributed by atoms with Crippen molar-refractivity contribution >= 4 is 18.2 Å². The fraction of sp³-hybridized carbons (Fsp3) is 0.125. The normalized spacial score (nSPS) is 10.5. The predicted molar refractivity (Wildman–Crippen MR) is 51.5 cm³/mol. The number of hydrogen-bond donors (Lipinski definition) is 2. The minimum Gasteiger partial charge on any atom is -0.510 e. The first-order valence-electron chi connectivity index (χ1n) is 4.12. The van der Waals surface area contributed by atoms with Crippen LogP contribution in [0.1, 0.15) is 0 Å². The van der Waals surface area contributed by atoms with Crippen molar-refractivity contribution in [1.29, 1.82) is 0 Å². The molecule has 0 aliphatic rings. The summed E-state index contributed by atoms with van der Waals surface area (Å²) in [6, 6.07) is 5.30. The Bertz CT molecular complexity index is 455. The maximum Gasteiger partial charge on any atom is 0.707 e. The molecule has 0 aliphatic heterocycles. The van der Waals surface area contributed by atoms with E-state index in [0.717, 1.165) is 10.9 Å². The van der Waals surface area contributed by atoms with E-state index in [2.05, 4.69) is 5.10 Å². The van der Waals surface area contributed by atoms with Crippen LogP contribution in [0.4, 0.5) is 0 Å². The average molecular weight is 192 g/mol. The molecule has 2 aromatic rings. The summed E-state index contributed by atoms with van der Waals surface area (Å²) in [5, 5.41) is 22.3. The van der Waals surface area contributed by atoms with E-state index in [1.54, 1.807) is 30.1 Å². The monoisotopic (exact) mass is 192 g/mol. The van der Waals surface area contributed by atoms with E-state index in [1.807, 2.05) is 6.07 Å². The molecule has 0 spiro atoms. The van der Waals surface area contributed by atoms with Crippen LogP contribution in [0.25, 0.3) is 10.9 Å². The number of aromatic nitrogens is 2. The van der Waals surface area contributed by atoms with Crippen molar-refractivity contribution in [2.45, 2.75) is 0 Å². The van der Waals surface area contributed by atoms with Crippen molar-refractivity contribution < 1.29 is 14.7 Å². The number of aryl methyl sites for hydroxylation is 1. The summed E-state index contributed by atoms with van der Waals surface area (Å²) in [5.41, 5.74) is 0.737. The first kappa shape index (κ1) is 9.05. The second-order valence-corrected chi connectivity index (χ2v) is 2.91. The highest BCUT2D eigenvalue weighted by atomic mass is 16.6. The Morgan fingerprint density at radius 3 is 2.93 bits per heavy atom. The van der Waals surface area contributed by atoms with E-state index in [1.165, 1.54) is 0 Å². The summed E-state index contributed by atoms with van der Waals surface area (Å²) in [5.74, 6) is 0.400. The van der Waals surface area contributed by atoms with Gasteiger partial charge >= 0.3 is 7.32 Å². The Kier molecular flexibility index (Phi) is 2.15. The average Bonchev–Trinajstić information content (AvgIpc) is 2.48. The number of nitrogens with zero attached hydrogens (tertiary/aromatic N) is 2. The summed E-state index contributed by atoms with van der Waals surface area (Å²) < 4.78 is 6.44. The van der Waals surface area contributed by atoms with Gasteiger partial charge in [0, 0.05) is 12.4 Å². The number of para-hydroxylation sites is 1. The van der Waals surface area contributed by atoms with Gasteiger partial charge in [-0.05, 0) is 6.07 Å². The zero-order valence-corrected chi connectivity index (χ0v) is 7.58. The van der Waals surface area contributed by atoms with Crippen LogP contribution in [0.3, 0.4) is 0 Å². The molecule has 1 heterocycles. The van der Waals surface area contributed by atoms with E-state index in [4.69, 9.17) is 14.7 Å². The lowest BCUT2D eigenvalue weighted by molar-refractivity contribution is 0.289. The smallest absolute Gasteiger partial charge is 0.510 e. The number of hydrogen-bond acceptors (Lipinski definition) is 4. The zero-order valence-electron chi connectivity index (χ0n) is 7.58. The molecule has 0 atom stereocenters. The summed E-state index contributed by atoms with van der Waals surface area (Å²) in [6.45, 7) is 0. The Labute approximate surface area is 80.7 Å². The molecule has 0 saturated heterocycles.